The molecule has 4 heterocycles. The standard InChI is InChI=1S/C80H79N4OSi.Pt/c1-76(2,3)54-28-25-27-52(41-54)64-45-58(80(13,14)15)46-65(53-42-56(78(7,8)9)44-57(43-53)79(10,11)12)74(64)83-51-82(67-34-20-21-35-68(67)83)59-29-26-30-60(48-59)85-61-49-66-63-33-19-23-37-71(63)86(62-31-17-16-18-32-62)72-38-24-22-36-69(72)84(70(50-61)75(66)86)73-47-55(39-40-81-73)77(4,5)6;/h16-47,49,51H,1-15H3;/q-3;. The first-order valence-electron chi connectivity index (χ1n) is 30.6. The van der Waals surface area contributed by atoms with Crippen LogP contribution in [-0.2, 0) is 48.1 Å². The third-order valence-corrected chi connectivity index (χ3v) is 22.9. The van der Waals surface area contributed by atoms with Crippen LogP contribution in [0.5, 0.6) is 11.5 Å². The number of rotatable bonds is 8. The van der Waals surface area contributed by atoms with Gasteiger partial charge in [0.1, 0.15) is 13.9 Å². The second-order valence-corrected chi connectivity index (χ2v) is 32.7. The predicted molar refractivity (Wildman–Crippen MR) is 365 cm³/mol. The number of nitrogens with zero attached hydrogens (tertiary/aromatic N) is 4. The monoisotopic (exact) mass is 1330 g/mol. The van der Waals surface area contributed by atoms with Crippen LogP contribution in [0.2, 0.25) is 0 Å². The second kappa shape index (κ2) is 21.5. The molecule has 3 aliphatic heterocycles. The van der Waals surface area contributed by atoms with Gasteiger partial charge in [-0.1, -0.05) is 247 Å². The van der Waals surface area contributed by atoms with Gasteiger partial charge in [0.25, 0.3) is 0 Å². The fourth-order valence-corrected chi connectivity index (χ4v) is 18.6. The van der Waals surface area contributed by atoms with E-state index in [1.165, 1.54) is 81.9 Å². The summed E-state index contributed by atoms with van der Waals surface area (Å²) in [5, 5.41) is 5.35. The Morgan fingerprint density at radius 3 is 1.61 bits per heavy atom. The van der Waals surface area contributed by atoms with Gasteiger partial charge in [-0.25, -0.2) is 4.98 Å². The Hall–Kier alpha value is -7.76. The first-order chi connectivity index (χ1) is 40.8. The van der Waals surface area contributed by atoms with E-state index in [0.717, 1.165) is 39.9 Å². The van der Waals surface area contributed by atoms with Gasteiger partial charge < -0.3 is 19.4 Å². The summed E-state index contributed by atoms with van der Waals surface area (Å²) in [6, 6.07) is 80.2. The molecule has 0 N–H and O–H groups in total. The van der Waals surface area contributed by atoms with Crippen molar-refractivity contribution in [3.05, 3.63) is 247 Å². The van der Waals surface area contributed by atoms with Crippen LogP contribution in [0.4, 0.5) is 39.9 Å². The molecule has 0 aliphatic carbocycles. The third kappa shape index (κ3) is 10.4. The van der Waals surface area contributed by atoms with Crippen molar-refractivity contribution in [1.82, 2.24) is 4.98 Å². The first kappa shape index (κ1) is 59.6. The van der Waals surface area contributed by atoms with Crippen LogP contribution in [0, 0.1) is 18.8 Å². The van der Waals surface area contributed by atoms with E-state index in [1.54, 1.807) is 0 Å². The fourth-order valence-electron chi connectivity index (χ4n) is 13.1. The zero-order valence-corrected chi connectivity index (χ0v) is 56.4. The third-order valence-electron chi connectivity index (χ3n) is 17.9. The van der Waals surface area contributed by atoms with Crippen molar-refractivity contribution in [2.45, 2.75) is 131 Å². The molecule has 442 valence electrons. The van der Waals surface area contributed by atoms with Crippen LogP contribution in [0.15, 0.2) is 200 Å². The van der Waals surface area contributed by atoms with Crippen molar-refractivity contribution in [3.8, 4) is 44.9 Å². The summed E-state index contributed by atoms with van der Waals surface area (Å²) in [4.78, 5) is 12.2. The minimum atomic E-state index is -2.92. The Morgan fingerprint density at radius 2 is 0.954 bits per heavy atom. The van der Waals surface area contributed by atoms with Crippen molar-refractivity contribution in [2.24, 2.45) is 0 Å². The Kier molecular flexibility index (Phi) is 14.7. The van der Waals surface area contributed by atoms with E-state index in [4.69, 9.17) is 9.72 Å². The van der Waals surface area contributed by atoms with Gasteiger partial charge in [-0.2, -0.15) is 6.07 Å². The molecule has 13 rings (SSSR count). The summed E-state index contributed by atoms with van der Waals surface area (Å²) in [6.45, 7) is 37.0. The molecule has 0 bridgehead atoms. The molecule has 9 aromatic carbocycles. The number of aromatic nitrogens is 1. The Labute approximate surface area is 533 Å². The molecule has 0 fully saturated rings. The van der Waals surface area contributed by atoms with E-state index in [1.807, 2.05) is 12.3 Å². The number of fused-ring (bicyclic) bond motifs is 6. The van der Waals surface area contributed by atoms with Crippen molar-refractivity contribution >= 4 is 68.8 Å². The van der Waals surface area contributed by atoms with Gasteiger partial charge in [-0.05, 0) is 119 Å². The average Bonchev–Trinajstić information content (AvgIpc) is 1.57. The van der Waals surface area contributed by atoms with Gasteiger partial charge in [0, 0.05) is 72.6 Å². The van der Waals surface area contributed by atoms with Gasteiger partial charge in [0.2, 0.25) is 0 Å². The van der Waals surface area contributed by atoms with Gasteiger partial charge >= 0.3 is 0 Å². The van der Waals surface area contributed by atoms with E-state index < -0.39 is 8.07 Å². The van der Waals surface area contributed by atoms with Crippen molar-refractivity contribution in [1.29, 1.82) is 0 Å². The predicted octanol–water partition coefficient (Wildman–Crippen LogP) is 18.8. The molecule has 3 aliphatic rings. The molecule has 1 atom stereocenters. The summed E-state index contributed by atoms with van der Waals surface area (Å²) in [7, 11) is -2.92. The molecule has 87 heavy (non-hydrogen) atoms. The smallest absolute Gasteiger partial charge is 0.135 e. The second-order valence-electron chi connectivity index (χ2n) is 29.1. The summed E-state index contributed by atoms with van der Waals surface area (Å²) in [5.74, 6) is 2.06. The van der Waals surface area contributed by atoms with Crippen molar-refractivity contribution in [2.75, 3.05) is 14.7 Å². The van der Waals surface area contributed by atoms with Crippen LogP contribution in [0.1, 0.15) is 132 Å². The molecule has 10 aromatic rings. The van der Waals surface area contributed by atoms with E-state index >= 15 is 0 Å². The molecular formula is C80H79N4OPtSi-3. The summed E-state index contributed by atoms with van der Waals surface area (Å²) in [6.07, 6.45) is 1.96. The zero-order chi connectivity index (χ0) is 60.5. The normalized spacial score (nSPS) is 15.4. The zero-order valence-electron chi connectivity index (χ0n) is 53.1. The maximum absolute atomic E-state index is 7.23. The summed E-state index contributed by atoms with van der Waals surface area (Å²) < 4.78 is 7.23. The topological polar surface area (TPSA) is 31.8 Å². The summed E-state index contributed by atoms with van der Waals surface area (Å²) in [5.41, 5.74) is 19.3. The van der Waals surface area contributed by atoms with Gasteiger partial charge in [0.15, 0.2) is 0 Å². The SMILES string of the molecule is CC(C)(C)c1cccc(-c2cc(C(C)(C)C)cc(-c3cc(C(C)(C)C)cc(C(C)(C)C)c3)c2N2[CH-]N(c3[c-]c(Oc4[c-]c5c6c(c4)-c4ccccc4[Si]6(c4ccccc4)c4ccccc4N5c4cc(C(C)(C)C)ccn4)ccc3)c3ccccc32)c1.[Pt]. The Bertz CT molecular complexity index is 4270. The molecule has 1 aromatic heterocycles. The molecule has 0 saturated carbocycles. The van der Waals surface area contributed by atoms with E-state index in [2.05, 4.69) is 325 Å². The number of hydrogen-bond acceptors (Lipinski definition) is 5. The fraction of sp³-hybridized carbons (Fsp3) is 0.250. The molecule has 7 heteroatoms. The first-order valence-corrected chi connectivity index (χ1v) is 32.6. The number of anilines is 7. The number of ether oxygens (including phenoxy) is 1. The molecule has 0 amide bonds. The Balaban J connectivity index is 0.00000739. The number of para-hydroxylation sites is 3. The number of pyridine rings is 1. The quantitative estimate of drug-likeness (QED) is 0.112. The molecule has 0 saturated heterocycles. The minimum Gasteiger partial charge on any atom is -0.509 e. The summed E-state index contributed by atoms with van der Waals surface area (Å²) >= 11 is 0. The van der Waals surface area contributed by atoms with Crippen LogP contribution < -0.4 is 40.2 Å². The van der Waals surface area contributed by atoms with Gasteiger partial charge in [0.05, 0.1) is 0 Å². The number of benzene rings is 9. The van der Waals surface area contributed by atoms with E-state index in [9.17, 15) is 0 Å². The largest absolute Gasteiger partial charge is 0.509 e. The Morgan fingerprint density at radius 1 is 0.414 bits per heavy atom. The van der Waals surface area contributed by atoms with Crippen LogP contribution in [0.3, 0.4) is 0 Å². The molecular weight excluding hydrogens is 1260 g/mol. The molecule has 0 radical (unpaired) electrons. The maximum atomic E-state index is 7.23. The van der Waals surface area contributed by atoms with Crippen LogP contribution >= 0.6 is 0 Å². The van der Waals surface area contributed by atoms with Crippen molar-refractivity contribution < 1.29 is 25.8 Å². The minimum absolute atomic E-state index is 0. The van der Waals surface area contributed by atoms with Gasteiger partial charge in [-0.15, -0.1) is 53.4 Å². The number of hydrogen-bond donors (Lipinski definition) is 0. The maximum Gasteiger partial charge on any atom is 0.135 e. The van der Waals surface area contributed by atoms with E-state index in [-0.39, 0.29) is 48.1 Å². The van der Waals surface area contributed by atoms with Crippen LogP contribution in [-0.4, -0.2) is 13.1 Å². The molecule has 5 nitrogen and oxygen atoms in total. The molecule has 1 unspecified atom stereocenters. The van der Waals surface area contributed by atoms with E-state index in [0.29, 0.717) is 11.5 Å². The average molecular weight is 1340 g/mol. The molecule has 0 spiro atoms. The van der Waals surface area contributed by atoms with Crippen LogP contribution in [0.25, 0.3) is 33.4 Å². The van der Waals surface area contributed by atoms with Crippen molar-refractivity contribution in [3.63, 3.8) is 0 Å². The van der Waals surface area contributed by atoms with Gasteiger partial charge in [-0.3, -0.25) is 0 Å².